The Hall–Kier alpha value is -1.11. The minimum atomic E-state index is 0.781. The first-order valence-corrected chi connectivity index (χ1v) is 5.53. The van der Waals surface area contributed by atoms with Gasteiger partial charge in [0.15, 0.2) is 0 Å². The van der Waals surface area contributed by atoms with Crippen LogP contribution in [0.25, 0.3) is 0 Å². The van der Waals surface area contributed by atoms with Crippen molar-refractivity contribution in [3.63, 3.8) is 0 Å². The molecule has 2 rings (SSSR count). The summed E-state index contributed by atoms with van der Waals surface area (Å²) in [6, 6.07) is 1.95. The lowest BCUT2D eigenvalue weighted by atomic mass is 10.3. The molecule has 2 aromatic rings. The molecular formula is C10H10IN3O. The molecule has 0 aromatic carbocycles. The first-order chi connectivity index (χ1) is 7.27. The van der Waals surface area contributed by atoms with Crippen molar-refractivity contribution in [1.29, 1.82) is 0 Å². The van der Waals surface area contributed by atoms with Gasteiger partial charge in [-0.3, -0.25) is 0 Å². The van der Waals surface area contributed by atoms with Crippen LogP contribution in [-0.2, 0) is 6.54 Å². The van der Waals surface area contributed by atoms with Crippen molar-refractivity contribution in [3.05, 3.63) is 40.3 Å². The second kappa shape index (κ2) is 4.61. The van der Waals surface area contributed by atoms with E-state index in [0.29, 0.717) is 0 Å². The zero-order valence-corrected chi connectivity index (χ0v) is 10.4. The lowest BCUT2D eigenvalue weighted by molar-refractivity contribution is 0.563. The summed E-state index contributed by atoms with van der Waals surface area (Å²) in [5.74, 6) is 0.937. The summed E-state index contributed by atoms with van der Waals surface area (Å²) >= 11 is 2.23. The van der Waals surface area contributed by atoms with Crippen LogP contribution < -0.4 is 4.90 Å². The molecule has 4 nitrogen and oxygen atoms in total. The largest absolute Gasteiger partial charge is 0.472 e. The number of halogens is 1. The highest BCUT2D eigenvalue weighted by Gasteiger charge is 2.07. The van der Waals surface area contributed by atoms with Crippen LogP contribution in [0, 0.1) is 3.57 Å². The van der Waals surface area contributed by atoms with E-state index in [0.717, 1.165) is 21.5 Å². The summed E-state index contributed by atoms with van der Waals surface area (Å²) in [5.41, 5.74) is 1.13. The molecule has 0 aliphatic heterocycles. The molecule has 15 heavy (non-hydrogen) atoms. The second-order valence-corrected chi connectivity index (χ2v) is 4.34. The number of anilines is 1. The zero-order valence-electron chi connectivity index (χ0n) is 8.22. The highest BCUT2D eigenvalue weighted by Crippen LogP contribution is 2.18. The minimum Gasteiger partial charge on any atom is -0.472 e. The summed E-state index contributed by atoms with van der Waals surface area (Å²) in [4.78, 5) is 10.3. The van der Waals surface area contributed by atoms with Gasteiger partial charge in [0.1, 0.15) is 12.1 Å². The standard InChI is InChI=1S/C10H10IN3O/c1-14(5-8-2-3-15-6-8)10-9(11)4-12-7-13-10/h2-4,6-7H,5H2,1H3. The van der Waals surface area contributed by atoms with Crippen molar-refractivity contribution in [1.82, 2.24) is 9.97 Å². The summed E-state index contributed by atoms with van der Waals surface area (Å²) < 4.78 is 6.06. The van der Waals surface area contributed by atoms with Crippen molar-refractivity contribution >= 4 is 28.4 Å². The van der Waals surface area contributed by atoms with Crippen LogP contribution in [-0.4, -0.2) is 17.0 Å². The van der Waals surface area contributed by atoms with Gasteiger partial charge >= 0.3 is 0 Å². The van der Waals surface area contributed by atoms with E-state index in [-0.39, 0.29) is 0 Å². The van der Waals surface area contributed by atoms with Crippen LogP contribution in [0.4, 0.5) is 5.82 Å². The van der Waals surface area contributed by atoms with Gasteiger partial charge in [-0.2, -0.15) is 0 Å². The van der Waals surface area contributed by atoms with E-state index < -0.39 is 0 Å². The van der Waals surface area contributed by atoms with E-state index >= 15 is 0 Å². The Labute approximate surface area is 101 Å². The Morgan fingerprint density at radius 1 is 1.53 bits per heavy atom. The summed E-state index contributed by atoms with van der Waals surface area (Å²) in [5, 5.41) is 0. The molecule has 0 radical (unpaired) electrons. The lowest BCUT2D eigenvalue weighted by Crippen LogP contribution is -2.18. The predicted molar refractivity (Wildman–Crippen MR) is 65.6 cm³/mol. The van der Waals surface area contributed by atoms with Crippen LogP contribution >= 0.6 is 22.6 Å². The van der Waals surface area contributed by atoms with E-state index in [1.165, 1.54) is 0 Å². The van der Waals surface area contributed by atoms with Crippen molar-refractivity contribution in [2.45, 2.75) is 6.54 Å². The van der Waals surface area contributed by atoms with Gasteiger partial charge in [-0.25, -0.2) is 9.97 Å². The Balaban J connectivity index is 2.15. The van der Waals surface area contributed by atoms with Crippen LogP contribution in [0.2, 0.25) is 0 Å². The topological polar surface area (TPSA) is 42.2 Å². The molecule has 0 atom stereocenters. The second-order valence-electron chi connectivity index (χ2n) is 3.18. The van der Waals surface area contributed by atoms with Crippen LogP contribution in [0.5, 0.6) is 0 Å². The average Bonchev–Trinajstić information content (AvgIpc) is 2.71. The molecular weight excluding hydrogens is 305 g/mol. The molecule has 0 aliphatic rings. The maximum atomic E-state index is 5.02. The highest BCUT2D eigenvalue weighted by atomic mass is 127. The minimum absolute atomic E-state index is 0.781. The quantitative estimate of drug-likeness (QED) is 0.815. The Bertz CT molecular complexity index is 430. The SMILES string of the molecule is CN(Cc1ccoc1)c1ncncc1I. The number of rotatable bonds is 3. The molecule has 0 bridgehead atoms. The van der Waals surface area contributed by atoms with Crippen LogP contribution in [0.1, 0.15) is 5.56 Å². The average molecular weight is 315 g/mol. The Morgan fingerprint density at radius 2 is 2.40 bits per heavy atom. The van der Waals surface area contributed by atoms with Gasteiger partial charge in [0.2, 0.25) is 0 Å². The van der Waals surface area contributed by atoms with Crippen molar-refractivity contribution in [2.24, 2.45) is 0 Å². The first kappa shape index (κ1) is 10.4. The van der Waals surface area contributed by atoms with E-state index in [9.17, 15) is 0 Å². The third kappa shape index (κ3) is 2.47. The van der Waals surface area contributed by atoms with E-state index in [4.69, 9.17) is 4.42 Å². The molecule has 0 unspecified atom stereocenters. The van der Waals surface area contributed by atoms with Crippen LogP contribution in [0.15, 0.2) is 35.5 Å². The fourth-order valence-corrected chi connectivity index (χ4v) is 2.03. The number of aromatic nitrogens is 2. The summed E-state index contributed by atoms with van der Waals surface area (Å²) in [6.45, 7) is 0.781. The smallest absolute Gasteiger partial charge is 0.145 e. The molecule has 0 spiro atoms. The molecule has 0 N–H and O–H groups in total. The molecule has 0 aliphatic carbocycles. The monoisotopic (exact) mass is 315 g/mol. The molecule has 78 valence electrons. The van der Waals surface area contributed by atoms with Crippen molar-refractivity contribution < 1.29 is 4.42 Å². The number of hydrogen-bond acceptors (Lipinski definition) is 4. The third-order valence-electron chi connectivity index (χ3n) is 2.01. The van der Waals surface area contributed by atoms with Gasteiger partial charge < -0.3 is 9.32 Å². The molecule has 0 fully saturated rings. The van der Waals surface area contributed by atoms with Crippen molar-refractivity contribution in [2.75, 3.05) is 11.9 Å². The first-order valence-electron chi connectivity index (χ1n) is 4.45. The normalized spacial score (nSPS) is 10.3. The fourth-order valence-electron chi connectivity index (χ4n) is 1.32. The maximum Gasteiger partial charge on any atom is 0.145 e. The Kier molecular flexibility index (Phi) is 3.20. The highest BCUT2D eigenvalue weighted by molar-refractivity contribution is 14.1. The van der Waals surface area contributed by atoms with Gasteiger partial charge in [0.05, 0.1) is 16.1 Å². The fraction of sp³-hybridized carbons (Fsp3) is 0.200. The van der Waals surface area contributed by atoms with E-state index in [2.05, 4.69) is 37.5 Å². The number of hydrogen-bond donors (Lipinski definition) is 0. The van der Waals surface area contributed by atoms with Gasteiger partial charge in [0.25, 0.3) is 0 Å². The van der Waals surface area contributed by atoms with Crippen molar-refractivity contribution in [3.8, 4) is 0 Å². The van der Waals surface area contributed by atoms with Gasteiger partial charge in [-0.15, -0.1) is 0 Å². The number of furan rings is 1. The van der Waals surface area contributed by atoms with Gasteiger partial charge in [-0.05, 0) is 28.7 Å². The predicted octanol–water partition coefficient (Wildman–Crippen LogP) is 2.31. The third-order valence-corrected chi connectivity index (χ3v) is 2.77. The Morgan fingerprint density at radius 3 is 3.07 bits per heavy atom. The van der Waals surface area contributed by atoms with Gasteiger partial charge in [0, 0.05) is 25.4 Å². The zero-order chi connectivity index (χ0) is 10.7. The summed E-state index contributed by atoms with van der Waals surface area (Å²) in [6.07, 6.45) is 6.77. The molecule has 2 aromatic heterocycles. The number of nitrogens with zero attached hydrogens (tertiary/aromatic N) is 3. The molecule has 5 heteroatoms. The van der Waals surface area contributed by atoms with E-state index in [1.54, 1.807) is 25.1 Å². The lowest BCUT2D eigenvalue weighted by Gasteiger charge is -2.17. The van der Waals surface area contributed by atoms with Crippen LogP contribution in [0.3, 0.4) is 0 Å². The molecule has 2 heterocycles. The molecule has 0 saturated carbocycles. The van der Waals surface area contributed by atoms with E-state index in [1.807, 2.05) is 13.1 Å². The maximum absolute atomic E-state index is 5.02. The summed E-state index contributed by atoms with van der Waals surface area (Å²) in [7, 11) is 2.00. The molecule has 0 amide bonds. The molecule has 0 saturated heterocycles. The van der Waals surface area contributed by atoms with Gasteiger partial charge in [-0.1, -0.05) is 0 Å².